The summed E-state index contributed by atoms with van der Waals surface area (Å²) in [5.74, 6) is 0.500. The van der Waals surface area contributed by atoms with Gasteiger partial charge in [0.25, 0.3) is 0 Å². The number of benzene rings is 1. The maximum atomic E-state index is 13.6. The Balaban J connectivity index is 1.54. The van der Waals surface area contributed by atoms with Crippen molar-refractivity contribution in [3.63, 3.8) is 0 Å². The Labute approximate surface area is 144 Å². The highest BCUT2D eigenvalue weighted by atomic mass is 19.1. The SMILES string of the molecule is Cc1cc(OC2CCN(C(=O)Nc3ccccc3F)CC2)cc(=O)o1. The number of halogens is 1. The van der Waals surface area contributed by atoms with E-state index in [9.17, 15) is 14.0 Å². The van der Waals surface area contributed by atoms with Gasteiger partial charge in [-0.1, -0.05) is 12.1 Å². The van der Waals surface area contributed by atoms with Crippen LogP contribution in [0.25, 0.3) is 0 Å². The Bertz CT molecular complexity index is 813. The molecule has 0 atom stereocenters. The van der Waals surface area contributed by atoms with Gasteiger partial charge in [-0.3, -0.25) is 0 Å². The lowest BCUT2D eigenvalue weighted by atomic mass is 10.1. The predicted octanol–water partition coefficient (Wildman–Crippen LogP) is 3.16. The molecule has 1 N–H and O–H groups in total. The topological polar surface area (TPSA) is 71.8 Å². The average molecular weight is 346 g/mol. The first-order chi connectivity index (χ1) is 12.0. The molecule has 0 radical (unpaired) electrons. The molecular weight excluding hydrogens is 327 g/mol. The van der Waals surface area contributed by atoms with E-state index < -0.39 is 11.4 Å². The zero-order valence-electron chi connectivity index (χ0n) is 13.8. The molecule has 1 fully saturated rings. The van der Waals surface area contributed by atoms with Gasteiger partial charge in [-0.2, -0.15) is 0 Å². The van der Waals surface area contributed by atoms with E-state index in [-0.39, 0.29) is 17.8 Å². The number of hydrogen-bond donors (Lipinski definition) is 1. The van der Waals surface area contributed by atoms with Crippen LogP contribution >= 0.6 is 0 Å². The molecule has 0 spiro atoms. The number of nitrogens with one attached hydrogen (secondary N) is 1. The lowest BCUT2D eigenvalue weighted by Gasteiger charge is -2.32. The number of para-hydroxylation sites is 1. The summed E-state index contributed by atoms with van der Waals surface area (Å²) in [5.41, 5.74) is -0.283. The van der Waals surface area contributed by atoms with Crippen molar-refractivity contribution in [2.24, 2.45) is 0 Å². The van der Waals surface area contributed by atoms with Crippen molar-refractivity contribution in [3.05, 3.63) is 58.4 Å². The van der Waals surface area contributed by atoms with Gasteiger partial charge in [-0.25, -0.2) is 14.0 Å². The molecule has 1 aromatic carbocycles. The standard InChI is InChI=1S/C18H19FN2O4/c1-12-10-14(11-17(22)24-12)25-13-6-8-21(9-7-13)18(23)20-16-5-3-2-4-15(16)19/h2-5,10-11,13H,6-9H2,1H3,(H,20,23). The Morgan fingerprint density at radius 1 is 1.28 bits per heavy atom. The quantitative estimate of drug-likeness (QED) is 0.927. The number of hydrogen-bond acceptors (Lipinski definition) is 4. The van der Waals surface area contributed by atoms with Gasteiger partial charge in [0, 0.05) is 32.0 Å². The highest BCUT2D eigenvalue weighted by Gasteiger charge is 2.24. The maximum absolute atomic E-state index is 13.6. The minimum Gasteiger partial charge on any atom is -0.490 e. The largest absolute Gasteiger partial charge is 0.490 e. The van der Waals surface area contributed by atoms with Crippen molar-refractivity contribution in [1.82, 2.24) is 4.90 Å². The molecule has 2 amide bonds. The third kappa shape index (κ3) is 4.37. The number of carbonyl (C=O) groups is 1. The average Bonchev–Trinajstić information content (AvgIpc) is 2.56. The van der Waals surface area contributed by atoms with E-state index in [2.05, 4.69) is 5.32 Å². The number of carbonyl (C=O) groups excluding carboxylic acids is 1. The van der Waals surface area contributed by atoms with Crippen LogP contribution in [0.3, 0.4) is 0 Å². The number of amides is 2. The van der Waals surface area contributed by atoms with Gasteiger partial charge in [0.15, 0.2) is 0 Å². The number of rotatable bonds is 3. The van der Waals surface area contributed by atoms with Crippen molar-refractivity contribution < 1.29 is 18.3 Å². The fourth-order valence-electron chi connectivity index (χ4n) is 2.77. The summed E-state index contributed by atoms with van der Waals surface area (Å²) < 4.78 is 24.3. The first kappa shape index (κ1) is 17.0. The van der Waals surface area contributed by atoms with Crippen LogP contribution in [-0.2, 0) is 0 Å². The van der Waals surface area contributed by atoms with E-state index in [1.807, 2.05) is 0 Å². The highest BCUT2D eigenvalue weighted by molar-refractivity contribution is 5.89. The highest BCUT2D eigenvalue weighted by Crippen LogP contribution is 2.20. The molecule has 6 nitrogen and oxygen atoms in total. The van der Waals surface area contributed by atoms with Crippen LogP contribution in [0.2, 0.25) is 0 Å². The van der Waals surface area contributed by atoms with Crippen molar-refractivity contribution in [2.45, 2.75) is 25.9 Å². The molecule has 0 aliphatic carbocycles. The molecule has 1 saturated heterocycles. The van der Waals surface area contributed by atoms with E-state index in [0.717, 1.165) is 0 Å². The first-order valence-corrected chi connectivity index (χ1v) is 8.10. The summed E-state index contributed by atoms with van der Waals surface area (Å²) in [4.78, 5) is 25.2. The molecule has 2 heterocycles. The molecule has 0 unspecified atom stereocenters. The van der Waals surface area contributed by atoms with E-state index in [1.54, 1.807) is 30.0 Å². The summed E-state index contributed by atoms with van der Waals surface area (Å²) >= 11 is 0. The number of urea groups is 1. The molecule has 1 aromatic heterocycles. The van der Waals surface area contributed by atoms with Crippen molar-refractivity contribution in [1.29, 1.82) is 0 Å². The van der Waals surface area contributed by atoms with Gasteiger partial charge in [-0.05, 0) is 19.1 Å². The van der Waals surface area contributed by atoms with Crippen molar-refractivity contribution >= 4 is 11.7 Å². The Morgan fingerprint density at radius 2 is 2.00 bits per heavy atom. The van der Waals surface area contributed by atoms with Gasteiger partial charge in [-0.15, -0.1) is 0 Å². The maximum Gasteiger partial charge on any atom is 0.339 e. The fourth-order valence-corrected chi connectivity index (χ4v) is 2.77. The zero-order chi connectivity index (χ0) is 17.8. The predicted molar refractivity (Wildman–Crippen MR) is 90.4 cm³/mol. The first-order valence-electron chi connectivity index (χ1n) is 8.10. The van der Waals surface area contributed by atoms with Crippen LogP contribution in [0, 0.1) is 12.7 Å². The number of aryl methyl sites for hydroxylation is 1. The number of piperidine rings is 1. The van der Waals surface area contributed by atoms with Crippen molar-refractivity contribution in [2.75, 3.05) is 18.4 Å². The van der Waals surface area contributed by atoms with Gasteiger partial charge >= 0.3 is 11.7 Å². The lowest BCUT2D eigenvalue weighted by molar-refractivity contribution is 0.114. The summed E-state index contributed by atoms with van der Waals surface area (Å²) in [6.45, 7) is 2.67. The second-order valence-electron chi connectivity index (χ2n) is 5.94. The monoisotopic (exact) mass is 346 g/mol. The van der Waals surface area contributed by atoms with E-state index in [0.29, 0.717) is 37.4 Å². The summed E-state index contributed by atoms with van der Waals surface area (Å²) in [7, 11) is 0. The minimum absolute atomic E-state index is 0.0845. The van der Waals surface area contributed by atoms with Gasteiger partial charge < -0.3 is 19.4 Å². The van der Waals surface area contributed by atoms with Crippen molar-refractivity contribution in [3.8, 4) is 5.75 Å². The number of anilines is 1. The van der Waals surface area contributed by atoms with Gasteiger partial charge in [0.2, 0.25) is 0 Å². The second-order valence-corrected chi connectivity index (χ2v) is 5.94. The van der Waals surface area contributed by atoms with Crippen LogP contribution in [0.15, 0.2) is 45.6 Å². The fraction of sp³-hybridized carbons (Fsp3) is 0.333. The van der Waals surface area contributed by atoms with E-state index in [1.165, 1.54) is 18.2 Å². The molecule has 1 aliphatic rings. The third-order valence-corrected chi connectivity index (χ3v) is 4.01. The molecule has 0 bridgehead atoms. The Morgan fingerprint density at radius 3 is 2.68 bits per heavy atom. The van der Waals surface area contributed by atoms with E-state index in [4.69, 9.17) is 9.15 Å². The molecule has 1 aliphatic heterocycles. The second kappa shape index (κ2) is 7.38. The van der Waals surface area contributed by atoms with Crippen LogP contribution in [-0.4, -0.2) is 30.1 Å². The lowest BCUT2D eigenvalue weighted by Crippen LogP contribution is -2.43. The van der Waals surface area contributed by atoms with Gasteiger partial charge in [0.1, 0.15) is 23.4 Å². The Kier molecular flexibility index (Phi) is 5.02. The zero-order valence-corrected chi connectivity index (χ0v) is 13.8. The molecule has 0 saturated carbocycles. The number of nitrogens with zero attached hydrogens (tertiary/aromatic N) is 1. The van der Waals surface area contributed by atoms with Crippen LogP contribution in [0.5, 0.6) is 5.75 Å². The normalized spacial score (nSPS) is 15.0. The Hall–Kier alpha value is -2.83. The van der Waals surface area contributed by atoms with Crippen LogP contribution < -0.4 is 15.7 Å². The minimum atomic E-state index is -0.465. The molecule has 132 valence electrons. The molecule has 2 aromatic rings. The molecule has 25 heavy (non-hydrogen) atoms. The van der Waals surface area contributed by atoms with Crippen LogP contribution in [0.1, 0.15) is 18.6 Å². The molecule has 7 heteroatoms. The number of likely N-dealkylation sites (tertiary alicyclic amines) is 1. The summed E-state index contributed by atoms with van der Waals surface area (Å²) in [6, 6.07) is 8.69. The van der Waals surface area contributed by atoms with Gasteiger partial charge in [0.05, 0.1) is 11.8 Å². The van der Waals surface area contributed by atoms with E-state index >= 15 is 0 Å². The summed E-state index contributed by atoms with van der Waals surface area (Å²) in [5, 5.41) is 2.58. The smallest absolute Gasteiger partial charge is 0.339 e. The molecule has 3 rings (SSSR count). The van der Waals surface area contributed by atoms with Crippen LogP contribution in [0.4, 0.5) is 14.9 Å². The molecular formula is C18H19FN2O4. The third-order valence-electron chi connectivity index (χ3n) is 4.01. The number of ether oxygens (including phenoxy) is 1. The summed E-state index contributed by atoms with van der Waals surface area (Å²) in [6.07, 6.45) is 1.17.